The number of hydrogen-bond acceptors (Lipinski definition) is 2. The summed E-state index contributed by atoms with van der Waals surface area (Å²) in [4.78, 5) is 0. The van der Waals surface area contributed by atoms with E-state index in [4.69, 9.17) is 22.1 Å². The largest absolute Gasteiger partial charge is 0.192 e. The van der Waals surface area contributed by atoms with Crippen molar-refractivity contribution in [3.8, 4) is 24.0 Å². The first-order valence-corrected chi connectivity index (χ1v) is 3.75. The van der Waals surface area contributed by atoms with Crippen LogP contribution in [-0.4, -0.2) is 0 Å². The molecule has 0 heterocycles. The summed E-state index contributed by atoms with van der Waals surface area (Å²) in [6.45, 7) is 0. The Bertz CT molecular complexity index is 466. The molecule has 0 aromatic heterocycles. The zero-order chi connectivity index (χ0) is 9.68. The molecule has 3 heteroatoms. The number of nitrogens with zero attached hydrogens (tertiary/aromatic N) is 2. The molecule has 0 saturated heterocycles. The lowest BCUT2D eigenvalue weighted by atomic mass is 10.1. The highest BCUT2D eigenvalue weighted by atomic mass is 35.5. The van der Waals surface area contributed by atoms with Crippen LogP contribution >= 0.6 is 11.6 Å². The van der Waals surface area contributed by atoms with Crippen LogP contribution in [0.3, 0.4) is 0 Å². The minimum Gasteiger partial charge on any atom is -0.192 e. The minimum atomic E-state index is 0.440. The van der Waals surface area contributed by atoms with Crippen LogP contribution in [0, 0.1) is 34.5 Å². The van der Waals surface area contributed by atoms with Gasteiger partial charge in [-0.25, -0.2) is 0 Å². The van der Waals surface area contributed by atoms with Crippen LogP contribution in [-0.2, 0) is 0 Å². The molecule has 0 aliphatic heterocycles. The highest BCUT2D eigenvalue weighted by molar-refractivity contribution is 6.30. The van der Waals surface area contributed by atoms with Crippen molar-refractivity contribution in [3.63, 3.8) is 0 Å². The molecule has 2 nitrogen and oxygen atoms in total. The molecule has 60 valence electrons. The average Bonchev–Trinajstić information content (AvgIpc) is 2.14. The van der Waals surface area contributed by atoms with E-state index in [1.54, 1.807) is 24.3 Å². The van der Waals surface area contributed by atoms with Gasteiger partial charge in [0, 0.05) is 16.5 Å². The number of benzene rings is 1. The van der Waals surface area contributed by atoms with Crippen LogP contribution in [0.2, 0.25) is 5.02 Å². The van der Waals surface area contributed by atoms with E-state index in [0.29, 0.717) is 16.1 Å². The van der Waals surface area contributed by atoms with Gasteiger partial charge in [-0.3, -0.25) is 0 Å². The summed E-state index contributed by atoms with van der Waals surface area (Å²) in [5.74, 6) is 4.79. The molecule has 13 heavy (non-hydrogen) atoms. The molecule has 0 aliphatic carbocycles. The van der Waals surface area contributed by atoms with E-state index in [-0.39, 0.29) is 0 Å². The number of hydrogen-bond donors (Lipinski definition) is 0. The summed E-state index contributed by atoms with van der Waals surface area (Å²) >= 11 is 5.71. The van der Waals surface area contributed by atoms with Crippen molar-refractivity contribution in [1.29, 1.82) is 10.5 Å². The third-order valence-electron chi connectivity index (χ3n) is 1.29. The van der Waals surface area contributed by atoms with E-state index in [9.17, 15) is 0 Å². The van der Waals surface area contributed by atoms with Gasteiger partial charge < -0.3 is 0 Å². The average molecular weight is 187 g/mol. The molecular formula is C10H3ClN2. The van der Waals surface area contributed by atoms with Crippen molar-refractivity contribution < 1.29 is 0 Å². The number of halogens is 1. The van der Waals surface area contributed by atoms with Crippen LogP contribution in [0.25, 0.3) is 0 Å². The number of nitriles is 2. The molecule has 0 bridgehead atoms. The van der Waals surface area contributed by atoms with Gasteiger partial charge in [0.05, 0.1) is 11.6 Å². The molecule has 1 aromatic rings. The maximum Gasteiger partial charge on any atom is 0.152 e. The van der Waals surface area contributed by atoms with Crippen LogP contribution in [0.15, 0.2) is 18.2 Å². The van der Waals surface area contributed by atoms with E-state index >= 15 is 0 Å². The Balaban J connectivity index is 3.20. The highest BCUT2D eigenvalue weighted by Crippen LogP contribution is 2.13. The van der Waals surface area contributed by atoms with Gasteiger partial charge in [-0.05, 0) is 18.2 Å². The normalized spacial score (nSPS) is 7.62. The second-order valence-corrected chi connectivity index (χ2v) is 2.64. The van der Waals surface area contributed by atoms with Crippen LogP contribution < -0.4 is 0 Å². The molecule has 0 spiro atoms. The van der Waals surface area contributed by atoms with Gasteiger partial charge in [-0.2, -0.15) is 10.5 Å². The van der Waals surface area contributed by atoms with E-state index < -0.39 is 0 Å². The van der Waals surface area contributed by atoms with Crippen molar-refractivity contribution in [2.24, 2.45) is 0 Å². The van der Waals surface area contributed by atoms with Crippen molar-refractivity contribution in [2.75, 3.05) is 0 Å². The number of rotatable bonds is 0. The van der Waals surface area contributed by atoms with Crippen LogP contribution in [0.1, 0.15) is 11.1 Å². The maximum atomic E-state index is 8.59. The summed E-state index contributed by atoms with van der Waals surface area (Å²) in [5, 5.41) is 17.2. The molecule has 0 N–H and O–H groups in total. The highest BCUT2D eigenvalue weighted by Gasteiger charge is 1.95. The molecule has 0 fully saturated rings. The minimum absolute atomic E-state index is 0.440. The molecular weight excluding hydrogens is 184 g/mol. The van der Waals surface area contributed by atoms with Crippen molar-refractivity contribution in [2.45, 2.75) is 0 Å². The van der Waals surface area contributed by atoms with Crippen molar-refractivity contribution in [1.82, 2.24) is 0 Å². The van der Waals surface area contributed by atoms with Gasteiger partial charge in [-0.15, -0.1) is 0 Å². The maximum absolute atomic E-state index is 8.59. The first-order valence-electron chi connectivity index (χ1n) is 3.37. The zero-order valence-corrected chi connectivity index (χ0v) is 7.26. The fraction of sp³-hybridized carbons (Fsp3) is 0. The van der Waals surface area contributed by atoms with E-state index in [2.05, 4.69) is 11.8 Å². The van der Waals surface area contributed by atoms with E-state index in [0.717, 1.165) is 0 Å². The predicted molar refractivity (Wildman–Crippen MR) is 48.7 cm³/mol. The topological polar surface area (TPSA) is 47.6 Å². The van der Waals surface area contributed by atoms with E-state index in [1.165, 1.54) is 0 Å². The monoisotopic (exact) mass is 186 g/mol. The van der Waals surface area contributed by atoms with Crippen molar-refractivity contribution >= 4 is 11.6 Å². The Hall–Kier alpha value is -1.95. The zero-order valence-electron chi connectivity index (χ0n) is 6.50. The smallest absolute Gasteiger partial charge is 0.152 e. The second-order valence-electron chi connectivity index (χ2n) is 2.20. The third-order valence-corrected chi connectivity index (χ3v) is 1.51. The van der Waals surface area contributed by atoms with Crippen LogP contribution in [0.4, 0.5) is 0 Å². The first-order chi connectivity index (χ1) is 6.26. The molecule has 0 amide bonds. The van der Waals surface area contributed by atoms with Gasteiger partial charge in [0.1, 0.15) is 0 Å². The first kappa shape index (κ1) is 9.14. The third kappa shape index (κ3) is 2.53. The molecule has 0 unspecified atom stereocenters. The Kier molecular flexibility index (Phi) is 2.93. The van der Waals surface area contributed by atoms with Gasteiger partial charge >= 0.3 is 0 Å². The Morgan fingerprint density at radius 1 is 1.08 bits per heavy atom. The molecule has 1 aromatic carbocycles. The Labute approximate surface area is 81.0 Å². The molecule has 0 saturated carbocycles. The molecule has 0 aliphatic rings. The van der Waals surface area contributed by atoms with Gasteiger partial charge in [-0.1, -0.05) is 17.5 Å². The molecule has 0 radical (unpaired) electrons. The second kappa shape index (κ2) is 4.17. The Morgan fingerprint density at radius 3 is 2.38 bits per heavy atom. The summed E-state index contributed by atoms with van der Waals surface area (Å²) in [7, 11) is 0. The standard InChI is InChI=1S/C10H3ClN2/c11-10-5-8(2-1-3-12)4-9(6-10)7-13/h4-6H. The fourth-order valence-electron chi connectivity index (χ4n) is 0.826. The van der Waals surface area contributed by atoms with E-state index in [1.807, 2.05) is 6.07 Å². The van der Waals surface area contributed by atoms with Gasteiger partial charge in [0.25, 0.3) is 0 Å². The molecule has 1 rings (SSSR count). The summed E-state index contributed by atoms with van der Waals surface area (Å²) < 4.78 is 0. The fourth-order valence-corrected chi connectivity index (χ4v) is 1.06. The lowest BCUT2D eigenvalue weighted by molar-refractivity contribution is 1.48. The van der Waals surface area contributed by atoms with Crippen molar-refractivity contribution in [3.05, 3.63) is 34.3 Å². The van der Waals surface area contributed by atoms with Gasteiger partial charge in [0.15, 0.2) is 6.07 Å². The molecule has 0 atom stereocenters. The van der Waals surface area contributed by atoms with Gasteiger partial charge in [0.2, 0.25) is 0 Å². The lowest BCUT2D eigenvalue weighted by Gasteiger charge is -1.93. The SMILES string of the molecule is N#CC#Cc1cc(Cl)cc(C#N)c1. The lowest BCUT2D eigenvalue weighted by Crippen LogP contribution is -1.79. The van der Waals surface area contributed by atoms with Crippen LogP contribution in [0.5, 0.6) is 0 Å². The summed E-state index contributed by atoms with van der Waals surface area (Å²) in [6.07, 6.45) is 0. The predicted octanol–water partition coefficient (Wildman–Crippen LogP) is 2.09. The quantitative estimate of drug-likeness (QED) is 0.583. The summed E-state index contributed by atoms with van der Waals surface area (Å²) in [6, 6.07) is 8.36. The Morgan fingerprint density at radius 2 is 1.77 bits per heavy atom. The summed E-state index contributed by atoms with van der Waals surface area (Å²) in [5.41, 5.74) is 1.01.